The molecule has 9 heteroatoms. The van der Waals surface area contributed by atoms with Gasteiger partial charge in [0.15, 0.2) is 0 Å². The first kappa shape index (κ1) is 21.9. The van der Waals surface area contributed by atoms with Crippen molar-refractivity contribution in [1.82, 2.24) is 9.21 Å². The lowest BCUT2D eigenvalue weighted by Gasteiger charge is -2.37. The summed E-state index contributed by atoms with van der Waals surface area (Å²) in [5.74, 6) is -1.30. The fraction of sp³-hybridized carbons (Fsp3) is 0.409. The molecule has 166 valence electrons. The van der Waals surface area contributed by atoms with E-state index in [1.165, 1.54) is 15.3 Å². The SMILES string of the molecule is CC1CN(C(=O)c2cc(S(=O)(=O)N3CCOCC3)ccc2F)CC(c2ccccc2)O1. The second kappa shape index (κ2) is 9.04. The lowest BCUT2D eigenvalue weighted by Crippen LogP contribution is -2.46. The van der Waals surface area contributed by atoms with Crippen molar-refractivity contribution in [3.8, 4) is 0 Å². The van der Waals surface area contributed by atoms with Crippen LogP contribution in [0.25, 0.3) is 0 Å². The Labute approximate surface area is 181 Å². The summed E-state index contributed by atoms with van der Waals surface area (Å²) >= 11 is 0. The first-order valence-electron chi connectivity index (χ1n) is 10.2. The van der Waals surface area contributed by atoms with Crippen molar-refractivity contribution in [2.45, 2.75) is 24.0 Å². The van der Waals surface area contributed by atoms with Gasteiger partial charge in [-0.1, -0.05) is 30.3 Å². The van der Waals surface area contributed by atoms with Gasteiger partial charge in [0.05, 0.1) is 36.3 Å². The molecule has 0 aromatic heterocycles. The molecule has 2 aliphatic rings. The lowest BCUT2D eigenvalue weighted by molar-refractivity contribution is -0.0692. The van der Waals surface area contributed by atoms with Crippen molar-refractivity contribution >= 4 is 15.9 Å². The maximum absolute atomic E-state index is 14.6. The van der Waals surface area contributed by atoms with Crippen LogP contribution in [0.1, 0.15) is 28.9 Å². The van der Waals surface area contributed by atoms with E-state index in [0.717, 1.165) is 17.7 Å². The Morgan fingerprint density at radius 3 is 2.48 bits per heavy atom. The number of benzene rings is 2. The molecule has 0 radical (unpaired) electrons. The van der Waals surface area contributed by atoms with Gasteiger partial charge in [0.2, 0.25) is 10.0 Å². The zero-order chi connectivity index (χ0) is 22.0. The molecule has 31 heavy (non-hydrogen) atoms. The Kier molecular flexibility index (Phi) is 6.38. The maximum atomic E-state index is 14.6. The van der Waals surface area contributed by atoms with Crippen LogP contribution in [0.4, 0.5) is 4.39 Å². The van der Waals surface area contributed by atoms with Crippen LogP contribution in [0.3, 0.4) is 0 Å². The number of morpholine rings is 2. The average molecular weight is 449 g/mol. The monoisotopic (exact) mass is 448 g/mol. The van der Waals surface area contributed by atoms with E-state index in [1.54, 1.807) is 0 Å². The highest BCUT2D eigenvalue weighted by Gasteiger charge is 2.33. The second-order valence-electron chi connectivity index (χ2n) is 7.71. The predicted octanol–water partition coefficient (Wildman–Crippen LogP) is 2.45. The molecule has 7 nitrogen and oxygen atoms in total. The molecule has 2 aliphatic heterocycles. The summed E-state index contributed by atoms with van der Waals surface area (Å²) in [6.45, 7) is 3.46. The summed E-state index contributed by atoms with van der Waals surface area (Å²) in [5.41, 5.74) is 0.672. The molecular weight excluding hydrogens is 423 g/mol. The van der Waals surface area contributed by atoms with Crippen molar-refractivity contribution in [2.75, 3.05) is 39.4 Å². The molecule has 2 fully saturated rings. The number of nitrogens with zero attached hydrogens (tertiary/aromatic N) is 2. The Hall–Kier alpha value is -2.33. The van der Waals surface area contributed by atoms with Crippen molar-refractivity contribution in [2.24, 2.45) is 0 Å². The first-order chi connectivity index (χ1) is 14.9. The number of rotatable bonds is 4. The van der Waals surface area contributed by atoms with Crippen LogP contribution in [0.15, 0.2) is 53.4 Å². The first-order valence-corrected chi connectivity index (χ1v) is 11.7. The molecule has 1 amide bonds. The molecule has 0 aliphatic carbocycles. The van der Waals surface area contributed by atoms with Crippen molar-refractivity contribution < 1.29 is 27.1 Å². The van der Waals surface area contributed by atoms with Gasteiger partial charge in [-0.3, -0.25) is 4.79 Å². The van der Waals surface area contributed by atoms with Crippen LogP contribution in [-0.2, 0) is 19.5 Å². The van der Waals surface area contributed by atoms with Crippen LogP contribution >= 0.6 is 0 Å². The van der Waals surface area contributed by atoms with Crippen molar-refractivity contribution in [1.29, 1.82) is 0 Å². The predicted molar refractivity (Wildman–Crippen MR) is 112 cm³/mol. The minimum absolute atomic E-state index is 0.0972. The molecule has 0 N–H and O–H groups in total. The van der Waals surface area contributed by atoms with E-state index in [0.29, 0.717) is 19.8 Å². The van der Waals surface area contributed by atoms with Gasteiger partial charge >= 0.3 is 0 Å². The molecule has 2 atom stereocenters. The number of sulfonamides is 1. The quantitative estimate of drug-likeness (QED) is 0.718. The van der Waals surface area contributed by atoms with E-state index >= 15 is 0 Å². The van der Waals surface area contributed by atoms with Crippen LogP contribution < -0.4 is 0 Å². The molecule has 2 heterocycles. The Balaban J connectivity index is 1.60. The number of ether oxygens (including phenoxy) is 2. The van der Waals surface area contributed by atoms with E-state index < -0.39 is 21.7 Å². The van der Waals surface area contributed by atoms with Crippen LogP contribution in [0, 0.1) is 5.82 Å². The van der Waals surface area contributed by atoms with E-state index in [9.17, 15) is 17.6 Å². The van der Waals surface area contributed by atoms with Crippen molar-refractivity contribution in [3.63, 3.8) is 0 Å². The lowest BCUT2D eigenvalue weighted by atomic mass is 10.1. The highest BCUT2D eigenvalue weighted by atomic mass is 32.2. The molecule has 0 spiro atoms. The van der Waals surface area contributed by atoms with Gasteiger partial charge in [-0.25, -0.2) is 12.8 Å². The van der Waals surface area contributed by atoms with Crippen LogP contribution in [0.2, 0.25) is 0 Å². The minimum Gasteiger partial charge on any atom is -0.379 e. The molecule has 0 bridgehead atoms. The highest BCUT2D eigenvalue weighted by Crippen LogP contribution is 2.27. The summed E-state index contributed by atoms with van der Waals surface area (Å²) < 4.78 is 53.0. The van der Waals surface area contributed by atoms with Gasteiger partial charge in [-0.2, -0.15) is 4.31 Å². The third-order valence-electron chi connectivity index (χ3n) is 5.49. The number of carbonyl (C=O) groups excluding carboxylic acids is 1. The molecule has 2 aromatic rings. The van der Waals surface area contributed by atoms with Crippen molar-refractivity contribution in [3.05, 3.63) is 65.5 Å². The van der Waals surface area contributed by atoms with Crippen LogP contribution in [0.5, 0.6) is 0 Å². The van der Waals surface area contributed by atoms with Crippen LogP contribution in [-0.4, -0.2) is 69.0 Å². The molecule has 0 saturated carbocycles. The average Bonchev–Trinajstić information content (AvgIpc) is 2.79. The molecule has 2 unspecified atom stereocenters. The zero-order valence-corrected chi connectivity index (χ0v) is 18.1. The summed E-state index contributed by atoms with van der Waals surface area (Å²) in [6.07, 6.45) is -0.580. The maximum Gasteiger partial charge on any atom is 0.257 e. The minimum atomic E-state index is -3.84. The highest BCUT2D eigenvalue weighted by molar-refractivity contribution is 7.89. The topological polar surface area (TPSA) is 76.2 Å². The molecular formula is C22H25FN2O5S. The fourth-order valence-corrected chi connectivity index (χ4v) is 5.34. The molecule has 2 saturated heterocycles. The Bertz CT molecular complexity index is 1040. The molecule has 2 aromatic carbocycles. The summed E-state index contributed by atoms with van der Waals surface area (Å²) in [6, 6.07) is 12.9. The third-order valence-corrected chi connectivity index (χ3v) is 7.39. The van der Waals surface area contributed by atoms with Gasteiger partial charge in [-0.15, -0.1) is 0 Å². The summed E-state index contributed by atoms with van der Waals surface area (Å²) in [7, 11) is -3.84. The van der Waals surface area contributed by atoms with Gasteiger partial charge in [0, 0.05) is 19.6 Å². The van der Waals surface area contributed by atoms with E-state index in [2.05, 4.69) is 0 Å². The summed E-state index contributed by atoms with van der Waals surface area (Å²) in [4.78, 5) is 14.6. The van der Waals surface area contributed by atoms with Gasteiger partial charge in [-0.05, 0) is 30.7 Å². The Morgan fingerprint density at radius 2 is 1.77 bits per heavy atom. The van der Waals surface area contributed by atoms with Gasteiger partial charge in [0.1, 0.15) is 11.9 Å². The normalized spacial score (nSPS) is 23.0. The zero-order valence-electron chi connectivity index (χ0n) is 17.2. The summed E-state index contributed by atoms with van der Waals surface area (Å²) in [5, 5.41) is 0. The van der Waals surface area contributed by atoms with Gasteiger partial charge in [0.25, 0.3) is 5.91 Å². The number of hydrogen-bond donors (Lipinski definition) is 0. The number of hydrogen-bond acceptors (Lipinski definition) is 5. The smallest absolute Gasteiger partial charge is 0.257 e. The Morgan fingerprint density at radius 1 is 1.06 bits per heavy atom. The fourth-order valence-electron chi connectivity index (χ4n) is 3.90. The number of amides is 1. The van der Waals surface area contributed by atoms with E-state index in [-0.39, 0.29) is 42.3 Å². The number of carbonyl (C=O) groups is 1. The standard InChI is InChI=1S/C22H25FN2O5S/c1-16-14-24(15-21(30-16)17-5-3-2-4-6-17)22(26)19-13-18(7-8-20(19)23)31(27,28)25-9-11-29-12-10-25/h2-8,13,16,21H,9-12,14-15H2,1H3. The van der Waals surface area contributed by atoms with E-state index in [1.807, 2.05) is 37.3 Å². The molecule has 4 rings (SSSR count). The number of halogens is 1. The van der Waals surface area contributed by atoms with E-state index in [4.69, 9.17) is 9.47 Å². The second-order valence-corrected chi connectivity index (χ2v) is 9.65. The third kappa shape index (κ3) is 4.64. The van der Waals surface area contributed by atoms with Gasteiger partial charge < -0.3 is 14.4 Å². The largest absolute Gasteiger partial charge is 0.379 e.